The standard InChI is InChI=1S/C11H12N2O2/c1-8(2)11(14)15-9-3-4-10-12-5-6-13(10)7-9/h3-8H,1-2H3. The maximum Gasteiger partial charge on any atom is 0.313 e. The van der Waals surface area contributed by atoms with Crippen LogP contribution in [0.25, 0.3) is 5.65 Å². The van der Waals surface area contributed by atoms with E-state index in [1.165, 1.54) is 0 Å². The lowest BCUT2D eigenvalue weighted by atomic mass is 10.2. The number of carbonyl (C=O) groups excluding carboxylic acids is 1. The van der Waals surface area contributed by atoms with Crippen LogP contribution < -0.4 is 4.74 Å². The molecule has 0 bridgehead atoms. The van der Waals surface area contributed by atoms with Crippen molar-refractivity contribution in [2.75, 3.05) is 0 Å². The minimum Gasteiger partial charge on any atom is -0.425 e. The van der Waals surface area contributed by atoms with Gasteiger partial charge >= 0.3 is 5.97 Å². The van der Waals surface area contributed by atoms with Crippen LogP contribution in [0.1, 0.15) is 13.8 Å². The number of rotatable bonds is 2. The molecule has 0 atom stereocenters. The minimum atomic E-state index is -0.227. The highest BCUT2D eigenvalue weighted by atomic mass is 16.5. The highest BCUT2D eigenvalue weighted by Gasteiger charge is 2.09. The molecule has 2 aromatic heterocycles. The molecule has 2 heterocycles. The van der Waals surface area contributed by atoms with Gasteiger partial charge < -0.3 is 9.14 Å². The molecule has 2 aromatic rings. The molecule has 4 nitrogen and oxygen atoms in total. The summed E-state index contributed by atoms with van der Waals surface area (Å²) in [5.41, 5.74) is 0.833. The first-order valence-electron chi connectivity index (χ1n) is 4.81. The van der Waals surface area contributed by atoms with Gasteiger partial charge in [-0.15, -0.1) is 0 Å². The van der Waals surface area contributed by atoms with Crippen molar-refractivity contribution in [3.05, 3.63) is 30.7 Å². The number of ether oxygens (including phenoxy) is 1. The maximum absolute atomic E-state index is 11.3. The summed E-state index contributed by atoms with van der Waals surface area (Å²) < 4.78 is 6.97. The number of esters is 1. The first-order valence-corrected chi connectivity index (χ1v) is 4.81. The Labute approximate surface area is 87.5 Å². The highest BCUT2D eigenvalue weighted by Crippen LogP contribution is 2.13. The van der Waals surface area contributed by atoms with E-state index < -0.39 is 0 Å². The summed E-state index contributed by atoms with van der Waals surface area (Å²) in [6.07, 6.45) is 5.24. The van der Waals surface area contributed by atoms with Gasteiger partial charge in [-0.05, 0) is 12.1 Å². The Bertz CT molecular complexity index is 488. The van der Waals surface area contributed by atoms with E-state index in [-0.39, 0.29) is 11.9 Å². The fourth-order valence-corrected chi connectivity index (χ4v) is 1.19. The van der Waals surface area contributed by atoms with Crippen LogP contribution in [0.15, 0.2) is 30.7 Å². The Morgan fingerprint density at radius 1 is 1.47 bits per heavy atom. The second-order valence-corrected chi connectivity index (χ2v) is 3.63. The van der Waals surface area contributed by atoms with E-state index in [1.807, 2.05) is 16.7 Å². The number of pyridine rings is 1. The summed E-state index contributed by atoms with van der Waals surface area (Å²) in [5, 5.41) is 0. The van der Waals surface area contributed by atoms with Gasteiger partial charge in [0.2, 0.25) is 0 Å². The zero-order chi connectivity index (χ0) is 10.8. The molecular weight excluding hydrogens is 192 g/mol. The number of imidazole rings is 1. The fraction of sp³-hybridized carbons (Fsp3) is 0.273. The molecule has 0 saturated heterocycles. The van der Waals surface area contributed by atoms with Gasteiger partial charge in [-0.25, -0.2) is 4.98 Å². The lowest BCUT2D eigenvalue weighted by molar-refractivity contribution is -0.137. The van der Waals surface area contributed by atoms with Gasteiger partial charge in [0.1, 0.15) is 11.4 Å². The number of nitrogens with zero attached hydrogens (tertiary/aromatic N) is 2. The van der Waals surface area contributed by atoms with Gasteiger partial charge in [-0.1, -0.05) is 13.8 Å². The number of carbonyl (C=O) groups is 1. The van der Waals surface area contributed by atoms with Crippen molar-refractivity contribution in [1.82, 2.24) is 9.38 Å². The second-order valence-electron chi connectivity index (χ2n) is 3.63. The van der Waals surface area contributed by atoms with Crippen LogP contribution in [-0.2, 0) is 4.79 Å². The van der Waals surface area contributed by atoms with Crippen LogP contribution in [0.3, 0.4) is 0 Å². The molecule has 0 aliphatic rings. The van der Waals surface area contributed by atoms with Gasteiger partial charge in [0.05, 0.1) is 12.1 Å². The van der Waals surface area contributed by atoms with Crippen LogP contribution in [0.5, 0.6) is 5.75 Å². The molecule has 78 valence electrons. The molecule has 0 radical (unpaired) electrons. The molecule has 0 N–H and O–H groups in total. The average molecular weight is 204 g/mol. The smallest absolute Gasteiger partial charge is 0.313 e. The van der Waals surface area contributed by atoms with E-state index in [0.717, 1.165) is 5.65 Å². The van der Waals surface area contributed by atoms with Crippen molar-refractivity contribution in [3.8, 4) is 5.75 Å². The molecule has 0 aliphatic heterocycles. The molecule has 0 fully saturated rings. The van der Waals surface area contributed by atoms with Crippen molar-refractivity contribution >= 4 is 11.6 Å². The SMILES string of the molecule is CC(C)C(=O)Oc1ccc2nccn2c1. The Balaban J connectivity index is 2.25. The lowest BCUT2D eigenvalue weighted by Crippen LogP contribution is -2.14. The molecule has 0 spiro atoms. The van der Waals surface area contributed by atoms with E-state index in [2.05, 4.69) is 4.98 Å². The van der Waals surface area contributed by atoms with Gasteiger partial charge in [0.25, 0.3) is 0 Å². The van der Waals surface area contributed by atoms with E-state index in [1.54, 1.807) is 32.3 Å². The summed E-state index contributed by atoms with van der Waals surface area (Å²) in [6.45, 7) is 3.61. The molecule has 0 amide bonds. The van der Waals surface area contributed by atoms with Gasteiger partial charge in [0.15, 0.2) is 0 Å². The van der Waals surface area contributed by atoms with Crippen LogP contribution in [0.2, 0.25) is 0 Å². The van der Waals surface area contributed by atoms with E-state index in [4.69, 9.17) is 4.74 Å². The summed E-state index contributed by atoms with van der Waals surface area (Å²) >= 11 is 0. The van der Waals surface area contributed by atoms with Crippen LogP contribution >= 0.6 is 0 Å². The topological polar surface area (TPSA) is 43.6 Å². The van der Waals surface area contributed by atoms with Gasteiger partial charge in [0, 0.05) is 12.4 Å². The number of fused-ring (bicyclic) bond motifs is 1. The molecule has 15 heavy (non-hydrogen) atoms. The van der Waals surface area contributed by atoms with Gasteiger partial charge in [-0.2, -0.15) is 0 Å². The van der Waals surface area contributed by atoms with Crippen LogP contribution in [-0.4, -0.2) is 15.4 Å². The van der Waals surface area contributed by atoms with Crippen LogP contribution in [0, 0.1) is 5.92 Å². The third-order valence-corrected chi connectivity index (χ3v) is 2.05. The van der Waals surface area contributed by atoms with E-state index in [9.17, 15) is 4.79 Å². The Morgan fingerprint density at radius 2 is 2.27 bits per heavy atom. The summed E-state index contributed by atoms with van der Waals surface area (Å²) in [5.74, 6) is 0.192. The predicted molar refractivity (Wildman–Crippen MR) is 55.7 cm³/mol. The summed E-state index contributed by atoms with van der Waals surface area (Å²) in [4.78, 5) is 15.4. The van der Waals surface area contributed by atoms with E-state index >= 15 is 0 Å². The van der Waals surface area contributed by atoms with Crippen molar-refractivity contribution in [2.24, 2.45) is 5.92 Å². The summed E-state index contributed by atoms with van der Waals surface area (Å²) in [7, 11) is 0. The molecule has 0 saturated carbocycles. The maximum atomic E-state index is 11.3. The average Bonchev–Trinajstić information content (AvgIpc) is 2.64. The minimum absolute atomic E-state index is 0.122. The number of aromatic nitrogens is 2. The third-order valence-electron chi connectivity index (χ3n) is 2.05. The quantitative estimate of drug-likeness (QED) is 0.702. The molecule has 0 unspecified atom stereocenters. The lowest BCUT2D eigenvalue weighted by Gasteiger charge is -2.06. The number of hydrogen-bond acceptors (Lipinski definition) is 3. The van der Waals surface area contributed by atoms with Crippen molar-refractivity contribution in [3.63, 3.8) is 0 Å². The molecule has 4 heteroatoms. The second kappa shape index (κ2) is 3.73. The highest BCUT2D eigenvalue weighted by molar-refractivity contribution is 5.74. The van der Waals surface area contributed by atoms with Crippen molar-refractivity contribution in [2.45, 2.75) is 13.8 Å². The molecule has 0 aliphatic carbocycles. The summed E-state index contributed by atoms with van der Waals surface area (Å²) in [6, 6.07) is 3.55. The zero-order valence-electron chi connectivity index (χ0n) is 8.68. The molecular formula is C11H12N2O2. The van der Waals surface area contributed by atoms with Crippen LogP contribution in [0.4, 0.5) is 0 Å². The largest absolute Gasteiger partial charge is 0.425 e. The van der Waals surface area contributed by atoms with Crippen molar-refractivity contribution in [1.29, 1.82) is 0 Å². The molecule has 2 rings (SSSR count). The Kier molecular flexibility index (Phi) is 2.41. The molecule has 0 aromatic carbocycles. The number of hydrogen-bond donors (Lipinski definition) is 0. The monoisotopic (exact) mass is 204 g/mol. The normalized spacial score (nSPS) is 10.9. The Hall–Kier alpha value is -1.84. The Morgan fingerprint density at radius 3 is 3.00 bits per heavy atom. The third kappa shape index (κ3) is 1.98. The predicted octanol–water partition coefficient (Wildman–Crippen LogP) is 1.90. The van der Waals surface area contributed by atoms with E-state index in [0.29, 0.717) is 5.75 Å². The van der Waals surface area contributed by atoms with Gasteiger partial charge in [-0.3, -0.25) is 4.79 Å². The first kappa shape index (κ1) is 9.71. The zero-order valence-corrected chi connectivity index (χ0v) is 8.68. The first-order chi connectivity index (χ1) is 7.16. The fourth-order valence-electron chi connectivity index (χ4n) is 1.19. The van der Waals surface area contributed by atoms with Crippen molar-refractivity contribution < 1.29 is 9.53 Å².